The van der Waals surface area contributed by atoms with Gasteiger partial charge in [-0.2, -0.15) is 13.2 Å². The Morgan fingerprint density at radius 1 is 1.00 bits per heavy atom. The summed E-state index contributed by atoms with van der Waals surface area (Å²) in [6.07, 6.45) is -4.42. The molecule has 0 aliphatic rings. The van der Waals surface area contributed by atoms with Gasteiger partial charge < -0.3 is 14.4 Å². The Morgan fingerprint density at radius 3 is 2.38 bits per heavy atom. The largest absolute Gasteiger partial charge is 0.489 e. The van der Waals surface area contributed by atoms with Crippen molar-refractivity contribution in [1.29, 1.82) is 0 Å². The molecule has 0 atom stereocenters. The van der Waals surface area contributed by atoms with E-state index in [2.05, 4.69) is 15.9 Å². The first-order valence-electron chi connectivity index (χ1n) is 9.61. The number of rotatable bonds is 6. The first kappa shape index (κ1) is 22.0. The molecule has 0 aliphatic heterocycles. The van der Waals surface area contributed by atoms with Crippen LogP contribution in [0.2, 0.25) is 0 Å². The molecule has 0 amide bonds. The molecule has 4 rings (SSSR count). The molecule has 164 valence electrons. The summed E-state index contributed by atoms with van der Waals surface area (Å²) in [6, 6.07) is 19.2. The van der Waals surface area contributed by atoms with Gasteiger partial charge in [0.15, 0.2) is 0 Å². The molecule has 3 aromatic carbocycles. The highest BCUT2D eigenvalue weighted by Gasteiger charge is 2.30. The van der Waals surface area contributed by atoms with Crippen molar-refractivity contribution in [2.45, 2.75) is 19.3 Å². The standard InChI is InChI=1S/C24H17BrF3NO3/c25-20-4-2-1-3-16(20)14-32-19-9-10-21-17(11-19)12-22(23(30)31)29(21)13-15-5-7-18(8-6-15)24(26,27)28/h1-12H,13-14H2,(H,30,31). The Bertz CT molecular complexity index is 1280. The second-order valence-corrected chi connectivity index (χ2v) is 8.07. The van der Waals surface area contributed by atoms with Gasteiger partial charge in [0.05, 0.1) is 5.56 Å². The van der Waals surface area contributed by atoms with E-state index >= 15 is 0 Å². The quantitative estimate of drug-likeness (QED) is 0.316. The van der Waals surface area contributed by atoms with Crippen LogP contribution in [0.15, 0.2) is 77.3 Å². The maximum Gasteiger partial charge on any atom is 0.416 e. The van der Waals surface area contributed by atoms with Crippen LogP contribution in [0, 0.1) is 0 Å². The van der Waals surface area contributed by atoms with E-state index in [1.54, 1.807) is 22.8 Å². The van der Waals surface area contributed by atoms with E-state index in [9.17, 15) is 23.1 Å². The third-order valence-corrected chi connectivity index (χ3v) is 5.84. The number of fused-ring (bicyclic) bond motifs is 1. The highest BCUT2D eigenvalue weighted by Crippen LogP contribution is 2.30. The molecule has 0 fully saturated rings. The van der Waals surface area contributed by atoms with Crippen molar-refractivity contribution in [3.05, 3.63) is 99.7 Å². The van der Waals surface area contributed by atoms with E-state index in [-0.39, 0.29) is 12.2 Å². The zero-order valence-corrected chi connectivity index (χ0v) is 18.2. The monoisotopic (exact) mass is 503 g/mol. The second kappa shape index (κ2) is 8.70. The Labute approximate surface area is 190 Å². The molecular weight excluding hydrogens is 487 g/mol. The topological polar surface area (TPSA) is 51.5 Å². The van der Waals surface area contributed by atoms with Gasteiger partial charge >= 0.3 is 12.1 Å². The fourth-order valence-corrected chi connectivity index (χ4v) is 3.84. The van der Waals surface area contributed by atoms with Gasteiger partial charge in [0, 0.05) is 27.5 Å². The fourth-order valence-electron chi connectivity index (χ4n) is 3.44. The summed E-state index contributed by atoms with van der Waals surface area (Å²) < 4.78 is 46.8. The zero-order valence-electron chi connectivity index (χ0n) is 16.6. The minimum Gasteiger partial charge on any atom is -0.489 e. The lowest BCUT2D eigenvalue weighted by atomic mass is 10.1. The summed E-state index contributed by atoms with van der Waals surface area (Å²) in [6.45, 7) is 0.464. The van der Waals surface area contributed by atoms with Crippen molar-refractivity contribution in [3.63, 3.8) is 0 Å². The Hall–Kier alpha value is -3.26. The number of carboxylic acids is 1. The second-order valence-electron chi connectivity index (χ2n) is 7.22. The minimum atomic E-state index is -4.42. The summed E-state index contributed by atoms with van der Waals surface area (Å²) >= 11 is 3.47. The molecular formula is C24H17BrF3NO3. The van der Waals surface area contributed by atoms with Crippen molar-refractivity contribution < 1.29 is 27.8 Å². The number of nitrogens with zero attached hydrogens (tertiary/aromatic N) is 1. The summed E-state index contributed by atoms with van der Waals surface area (Å²) in [5.74, 6) is -0.541. The molecule has 4 aromatic rings. The molecule has 0 saturated heterocycles. The van der Waals surface area contributed by atoms with E-state index in [1.165, 1.54) is 18.2 Å². The molecule has 0 radical (unpaired) electrons. The highest BCUT2D eigenvalue weighted by molar-refractivity contribution is 9.10. The van der Waals surface area contributed by atoms with Gasteiger partial charge in [-0.15, -0.1) is 0 Å². The lowest BCUT2D eigenvalue weighted by Crippen LogP contribution is -2.10. The number of aromatic carboxylic acids is 1. The van der Waals surface area contributed by atoms with E-state index in [0.717, 1.165) is 22.2 Å². The van der Waals surface area contributed by atoms with Crippen LogP contribution in [0.25, 0.3) is 10.9 Å². The summed E-state index contributed by atoms with van der Waals surface area (Å²) in [4.78, 5) is 11.8. The normalized spacial score (nSPS) is 11.6. The number of ether oxygens (including phenoxy) is 1. The van der Waals surface area contributed by atoms with E-state index in [1.807, 2.05) is 24.3 Å². The van der Waals surface area contributed by atoms with Gasteiger partial charge in [0.1, 0.15) is 18.1 Å². The van der Waals surface area contributed by atoms with Crippen molar-refractivity contribution in [2.75, 3.05) is 0 Å². The van der Waals surface area contributed by atoms with Crippen LogP contribution in [-0.2, 0) is 19.3 Å². The third kappa shape index (κ3) is 4.65. The molecule has 1 N–H and O–H groups in total. The summed E-state index contributed by atoms with van der Waals surface area (Å²) in [5, 5.41) is 10.3. The van der Waals surface area contributed by atoms with Crippen LogP contribution in [0.4, 0.5) is 13.2 Å². The average Bonchev–Trinajstić information content (AvgIpc) is 3.11. The third-order valence-electron chi connectivity index (χ3n) is 5.07. The zero-order chi connectivity index (χ0) is 22.9. The number of benzene rings is 3. The molecule has 1 heterocycles. The van der Waals surface area contributed by atoms with Crippen LogP contribution in [0.3, 0.4) is 0 Å². The predicted molar refractivity (Wildman–Crippen MR) is 118 cm³/mol. The Kier molecular flexibility index (Phi) is 5.97. The van der Waals surface area contributed by atoms with Gasteiger partial charge in [-0.3, -0.25) is 0 Å². The summed E-state index contributed by atoms with van der Waals surface area (Å²) in [5.41, 5.74) is 1.48. The number of carboxylic acid groups (broad SMARTS) is 1. The van der Waals surface area contributed by atoms with E-state index in [4.69, 9.17) is 4.74 Å². The van der Waals surface area contributed by atoms with Crippen LogP contribution in [0.5, 0.6) is 5.75 Å². The predicted octanol–water partition coefficient (Wildman–Crippen LogP) is 6.75. The number of alkyl halides is 3. The Balaban J connectivity index is 1.61. The van der Waals surface area contributed by atoms with Gasteiger partial charge in [-0.05, 0) is 48.0 Å². The smallest absolute Gasteiger partial charge is 0.416 e. The molecule has 0 spiro atoms. The molecule has 1 aromatic heterocycles. The number of aromatic nitrogens is 1. The van der Waals surface area contributed by atoms with Crippen molar-refractivity contribution in [1.82, 2.24) is 4.57 Å². The molecule has 32 heavy (non-hydrogen) atoms. The Morgan fingerprint density at radius 2 is 1.72 bits per heavy atom. The van der Waals surface area contributed by atoms with E-state index < -0.39 is 17.7 Å². The molecule has 0 aliphatic carbocycles. The number of carbonyl (C=O) groups is 1. The van der Waals surface area contributed by atoms with Gasteiger partial charge in [0.2, 0.25) is 0 Å². The van der Waals surface area contributed by atoms with Crippen LogP contribution in [0.1, 0.15) is 27.2 Å². The first-order chi connectivity index (χ1) is 15.2. The fraction of sp³-hybridized carbons (Fsp3) is 0.125. The van der Waals surface area contributed by atoms with Crippen LogP contribution < -0.4 is 4.74 Å². The lowest BCUT2D eigenvalue weighted by Gasteiger charge is -2.11. The van der Waals surface area contributed by atoms with Gasteiger partial charge in [-0.1, -0.05) is 46.3 Å². The molecule has 0 saturated carbocycles. The first-order valence-corrected chi connectivity index (χ1v) is 10.4. The molecule has 4 nitrogen and oxygen atoms in total. The number of hydrogen-bond donors (Lipinski definition) is 1. The van der Waals surface area contributed by atoms with Gasteiger partial charge in [-0.25, -0.2) is 4.79 Å². The lowest BCUT2D eigenvalue weighted by molar-refractivity contribution is -0.137. The average molecular weight is 504 g/mol. The SMILES string of the molecule is O=C(O)c1cc2cc(OCc3ccccc3Br)ccc2n1Cc1ccc(C(F)(F)F)cc1. The van der Waals surface area contributed by atoms with Gasteiger partial charge in [0.25, 0.3) is 0 Å². The highest BCUT2D eigenvalue weighted by atomic mass is 79.9. The maximum atomic E-state index is 12.8. The van der Waals surface area contributed by atoms with Crippen molar-refractivity contribution >= 4 is 32.8 Å². The van der Waals surface area contributed by atoms with Crippen molar-refractivity contribution in [2.24, 2.45) is 0 Å². The summed E-state index contributed by atoms with van der Waals surface area (Å²) in [7, 11) is 0. The number of halogens is 4. The molecule has 8 heteroatoms. The van der Waals surface area contributed by atoms with E-state index in [0.29, 0.717) is 28.8 Å². The number of hydrogen-bond acceptors (Lipinski definition) is 2. The molecule has 0 unspecified atom stereocenters. The molecule has 0 bridgehead atoms. The maximum absolute atomic E-state index is 12.8. The minimum absolute atomic E-state index is 0.0443. The van der Waals surface area contributed by atoms with Crippen molar-refractivity contribution in [3.8, 4) is 5.75 Å². The van der Waals surface area contributed by atoms with Crippen LogP contribution in [-0.4, -0.2) is 15.6 Å². The van der Waals surface area contributed by atoms with Crippen LogP contribution >= 0.6 is 15.9 Å².